The number of hydrogen-bond acceptors (Lipinski definition) is 4. The van der Waals surface area contributed by atoms with Gasteiger partial charge in [0.2, 0.25) is 0 Å². The molecule has 1 aromatic carbocycles. The molecule has 0 radical (unpaired) electrons. The number of hydrogen-bond donors (Lipinski definition) is 2. The molecule has 2 rings (SSSR count). The fourth-order valence-corrected chi connectivity index (χ4v) is 3.83. The standard InChI is InChI=1S/C18H29N3O2S/c1-5-19-17(21-9-10-24-18(3,4)13-21)20-12-14-7-8-15(22)16(11-14)23-6-2/h7-8,11,22H,5-6,9-10,12-13H2,1-4H3,(H,19,20). The summed E-state index contributed by atoms with van der Waals surface area (Å²) >= 11 is 2.01. The first-order valence-electron chi connectivity index (χ1n) is 8.57. The molecule has 0 atom stereocenters. The Bertz CT molecular complexity index is 575. The summed E-state index contributed by atoms with van der Waals surface area (Å²) < 4.78 is 5.69. The second-order valence-electron chi connectivity index (χ2n) is 6.43. The number of thioether (sulfide) groups is 1. The topological polar surface area (TPSA) is 57.1 Å². The van der Waals surface area contributed by atoms with E-state index in [0.29, 0.717) is 18.9 Å². The molecular weight excluding hydrogens is 322 g/mol. The van der Waals surface area contributed by atoms with Crippen molar-refractivity contribution in [3.63, 3.8) is 0 Å². The van der Waals surface area contributed by atoms with Gasteiger partial charge in [-0.2, -0.15) is 11.8 Å². The average molecular weight is 352 g/mol. The smallest absolute Gasteiger partial charge is 0.194 e. The highest BCUT2D eigenvalue weighted by Crippen LogP contribution is 2.30. The highest BCUT2D eigenvalue weighted by atomic mass is 32.2. The van der Waals surface area contributed by atoms with E-state index in [0.717, 1.165) is 36.9 Å². The molecule has 0 spiro atoms. The van der Waals surface area contributed by atoms with Crippen LogP contribution in [0.5, 0.6) is 11.5 Å². The molecule has 0 unspecified atom stereocenters. The van der Waals surface area contributed by atoms with E-state index in [1.165, 1.54) is 0 Å². The third kappa shape index (κ3) is 5.23. The van der Waals surface area contributed by atoms with Crippen LogP contribution in [0.1, 0.15) is 33.3 Å². The molecule has 0 bridgehead atoms. The molecule has 0 saturated carbocycles. The van der Waals surface area contributed by atoms with Gasteiger partial charge in [-0.1, -0.05) is 6.07 Å². The third-order valence-corrected chi connectivity index (χ3v) is 5.09. The Morgan fingerprint density at radius 3 is 2.88 bits per heavy atom. The summed E-state index contributed by atoms with van der Waals surface area (Å²) in [4.78, 5) is 7.13. The minimum atomic E-state index is 0.172. The molecule has 134 valence electrons. The van der Waals surface area contributed by atoms with Crippen LogP contribution in [0.4, 0.5) is 0 Å². The number of phenolic OH excluding ortho intramolecular Hbond substituents is 1. The van der Waals surface area contributed by atoms with E-state index >= 15 is 0 Å². The molecule has 1 aliphatic heterocycles. The number of ether oxygens (including phenoxy) is 1. The first-order valence-corrected chi connectivity index (χ1v) is 9.55. The molecule has 1 aliphatic rings. The molecule has 2 N–H and O–H groups in total. The molecule has 1 saturated heterocycles. The summed E-state index contributed by atoms with van der Waals surface area (Å²) in [5.74, 6) is 2.76. The molecule has 1 heterocycles. The van der Waals surface area contributed by atoms with Crippen molar-refractivity contribution in [1.82, 2.24) is 10.2 Å². The molecule has 24 heavy (non-hydrogen) atoms. The third-order valence-electron chi connectivity index (χ3n) is 3.80. The van der Waals surface area contributed by atoms with Crippen LogP contribution in [-0.2, 0) is 6.54 Å². The van der Waals surface area contributed by atoms with E-state index in [1.54, 1.807) is 6.07 Å². The summed E-state index contributed by atoms with van der Waals surface area (Å²) in [6.07, 6.45) is 0. The van der Waals surface area contributed by atoms with E-state index in [4.69, 9.17) is 9.73 Å². The Labute approximate surface area is 149 Å². The van der Waals surface area contributed by atoms with Gasteiger partial charge in [-0.3, -0.25) is 0 Å². The predicted octanol–water partition coefficient (Wildman–Crippen LogP) is 3.08. The summed E-state index contributed by atoms with van der Waals surface area (Å²) in [6, 6.07) is 5.42. The number of nitrogens with zero attached hydrogens (tertiary/aromatic N) is 2. The first kappa shape index (κ1) is 18.8. The Balaban J connectivity index is 2.12. The number of phenols is 1. The summed E-state index contributed by atoms with van der Waals surface area (Å²) in [5, 5.41) is 13.2. The van der Waals surface area contributed by atoms with Crippen molar-refractivity contribution in [1.29, 1.82) is 0 Å². The van der Waals surface area contributed by atoms with Crippen LogP contribution in [0.15, 0.2) is 23.2 Å². The first-order chi connectivity index (χ1) is 11.4. The average Bonchev–Trinajstić information content (AvgIpc) is 2.53. The Kier molecular flexibility index (Phi) is 6.66. The normalized spacial score (nSPS) is 17.7. The van der Waals surface area contributed by atoms with Crippen LogP contribution in [0.25, 0.3) is 0 Å². The highest BCUT2D eigenvalue weighted by molar-refractivity contribution is 8.00. The number of benzene rings is 1. The van der Waals surface area contributed by atoms with Crippen molar-refractivity contribution in [3.05, 3.63) is 23.8 Å². The second kappa shape index (κ2) is 8.51. The van der Waals surface area contributed by atoms with Gasteiger partial charge in [0.15, 0.2) is 17.5 Å². The van der Waals surface area contributed by atoms with Crippen LogP contribution in [-0.4, -0.2) is 52.7 Å². The maximum Gasteiger partial charge on any atom is 0.194 e. The zero-order chi connectivity index (χ0) is 17.6. The van der Waals surface area contributed by atoms with Gasteiger partial charge in [-0.05, 0) is 45.4 Å². The summed E-state index contributed by atoms with van der Waals surface area (Å²) in [6.45, 7) is 12.5. The number of aromatic hydroxyl groups is 1. The molecule has 1 fully saturated rings. The number of nitrogens with one attached hydrogen (secondary N) is 1. The lowest BCUT2D eigenvalue weighted by Gasteiger charge is -2.39. The minimum Gasteiger partial charge on any atom is -0.504 e. The maximum atomic E-state index is 9.81. The SMILES string of the molecule is CCNC(=NCc1ccc(O)c(OCC)c1)N1CCSC(C)(C)C1. The predicted molar refractivity (Wildman–Crippen MR) is 102 cm³/mol. The van der Waals surface area contributed by atoms with Gasteiger partial charge in [0.25, 0.3) is 0 Å². The molecule has 0 aliphatic carbocycles. The van der Waals surface area contributed by atoms with Crippen molar-refractivity contribution in [3.8, 4) is 11.5 Å². The van der Waals surface area contributed by atoms with E-state index in [9.17, 15) is 5.11 Å². The van der Waals surface area contributed by atoms with Crippen molar-refractivity contribution in [2.75, 3.05) is 32.0 Å². The molecule has 0 amide bonds. The van der Waals surface area contributed by atoms with Gasteiger partial charge in [-0.25, -0.2) is 4.99 Å². The van der Waals surface area contributed by atoms with Gasteiger partial charge >= 0.3 is 0 Å². The van der Waals surface area contributed by atoms with Crippen LogP contribution < -0.4 is 10.1 Å². The monoisotopic (exact) mass is 351 g/mol. The van der Waals surface area contributed by atoms with Crippen molar-refractivity contribution in [2.45, 2.75) is 39.0 Å². The maximum absolute atomic E-state index is 9.81. The Morgan fingerprint density at radius 2 is 2.21 bits per heavy atom. The van der Waals surface area contributed by atoms with Crippen molar-refractivity contribution in [2.24, 2.45) is 4.99 Å². The van der Waals surface area contributed by atoms with Gasteiger partial charge in [-0.15, -0.1) is 0 Å². The van der Waals surface area contributed by atoms with Gasteiger partial charge in [0.1, 0.15) is 0 Å². The van der Waals surface area contributed by atoms with Crippen molar-refractivity contribution < 1.29 is 9.84 Å². The summed E-state index contributed by atoms with van der Waals surface area (Å²) in [5.41, 5.74) is 1.03. The van der Waals surface area contributed by atoms with E-state index in [1.807, 2.05) is 30.8 Å². The second-order valence-corrected chi connectivity index (χ2v) is 8.24. The molecule has 5 nitrogen and oxygen atoms in total. The van der Waals surface area contributed by atoms with Crippen LogP contribution >= 0.6 is 11.8 Å². The Morgan fingerprint density at radius 1 is 1.42 bits per heavy atom. The molecular formula is C18H29N3O2S. The lowest BCUT2D eigenvalue weighted by atomic mass is 10.2. The van der Waals surface area contributed by atoms with E-state index < -0.39 is 0 Å². The van der Waals surface area contributed by atoms with Gasteiger partial charge < -0.3 is 20.1 Å². The number of aliphatic imine (C=N–C) groups is 1. The van der Waals surface area contributed by atoms with Gasteiger partial charge in [0.05, 0.1) is 13.2 Å². The lowest BCUT2D eigenvalue weighted by Crippen LogP contribution is -2.50. The van der Waals surface area contributed by atoms with Crippen molar-refractivity contribution >= 4 is 17.7 Å². The van der Waals surface area contributed by atoms with Gasteiger partial charge in [0, 0.05) is 30.1 Å². The van der Waals surface area contributed by atoms with E-state index in [2.05, 4.69) is 31.0 Å². The quantitative estimate of drug-likeness (QED) is 0.631. The Hall–Kier alpha value is -1.56. The minimum absolute atomic E-state index is 0.172. The number of guanidine groups is 1. The molecule has 0 aromatic heterocycles. The zero-order valence-electron chi connectivity index (χ0n) is 15.1. The van der Waals surface area contributed by atoms with E-state index in [-0.39, 0.29) is 10.5 Å². The fraction of sp³-hybridized carbons (Fsp3) is 0.611. The lowest BCUT2D eigenvalue weighted by molar-refractivity contribution is 0.317. The highest BCUT2D eigenvalue weighted by Gasteiger charge is 2.28. The van der Waals surface area contributed by atoms with Crippen LogP contribution in [0, 0.1) is 0 Å². The van der Waals surface area contributed by atoms with Crippen LogP contribution in [0.2, 0.25) is 0 Å². The number of rotatable bonds is 5. The largest absolute Gasteiger partial charge is 0.504 e. The van der Waals surface area contributed by atoms with Crippen LogP contribution in [0.3, 0.4) is 0 Å². The molecule has 6 heteroatoms. The summed E-state index contributed by atoms with van der Waals surface area (Å²) in [7, 11) is 0. The fourth-order valence-electron chi connectivity index (χ4n) is 2.72. The zero-order valence-corrected chi connectivity index (χ0v) is 15.9. The molecule has 1 aromatic rings.